The third kappa shape index (κ3) is 28.1. The highest BCUT2D eigenvalue weighted by Gasteiger charge is 2.25. The maximum atomic E-state index is 12.7. The fourth-order valence-corrected chi connectivity index (χ4v) is 15.2. The zero-order chi connectivity index (χ0) is 96.3. The van der Waals surface area contributed by atoms with E-state index in [9.17, 15) is 28.8 Å². The summed E-state index contributed by atoms with van der Waals surface area (Å²) in [6, 6.07) is 89.4. The van der Waals surface area contributed by atoms with Crippen molar-refractivity contribution in [3.63, 3.8) is 0 Å². The van der Waals surface area contributed by atoms with Gasteiger partial charge < -0.3 is 9.13 Å². The quantitative estimate of drug-likeness (QED) is 0.0696. The summed E-state index contributed by atoms with van der Waals surface area (Å²) in [6.45, 7) is 40.7. The second-order valence-electron chi connectivity index (χ2n) is 40.5. The van der Waals surface area contributed by atoms with Crippen molar-refractivity contribution < 1.29 is 28.8 Å². The van der Waals surface area contributed by atoms with Crippen molar-refractivity contribution in [2.45, 2.75) is 203 Å². The van der Waals surface area contributed by atoms with Gasteiger partial charge in [0.25, 0.3) is 0 Å². The molecule has 0 amide bonds. The largest absolute Gasteiger partial charge is 0.331 e. The van der Waals surface area contributed by atoms with Crippen LogP contribution in [0.15, 0.2) is 310 Å². The van der Waals surface area contributed by atoms with Crippen LogP contribution in [0.3, 0.4) is 0 Å². The molecule has 133 heavy (non-hydrogen) atoms. The Morgan fingerprint density at radius 2 is 0.669 bits per heavy atom. The lowest BCUT2D eigenvalue weighted by atomic mass is 9.85. The van der Waals surface area contributed by atoms with Crippen LogP contribution in [0, 0.1) is 6.92 Å². The van der Waals surface area contributed by atoms with E-state index < -0.39 is 0 Å². The molecule has 0 aliphatic rings. The number of hydrogen-bond donors (Lipinski definition) is 0. The molecule has 0 bridgehead atoms. The number of pyridine rings is 3. The van der Waals surface area contributed by atoms with Gasteiger partial charge in [-0.3, -0.25) is 48.4 Å². The molecule has 0 radical (unpaired) electrons. The Bertz CT molecular complexity index is 6760. The van der Waals surface area contributed by atoms with Gasteiger partial charge in [0.1, 0.15) is 11.6 Å². The number of benzene rings is 10. The molecule has 0 saturated carbocycles. The maximum absolute atomic E-state index is 12.7. The Kier molecular flexibility index (Phi) is 32.5. The number of nitrogens with zero attached hydrogens (tertiary/aromatic N) is 9. The van der Waals surface area contributed by atoms with E-state index in [0.717, 1.165) is 117 Å². The van der Waals surface area contributed by atoms with E-state index >= 15 is 0 Å². The molecule has 0 unspecified atom stereocenters. The average Bonchev–Trinajstić information content (AvgIpc) is 1.67. The molecule has 0 atom stereocenters. The van der Waals surface area contributed by atoms with Gasteiger partial charge in [0.15, 0.2) is 34.7 Å². The van der Waals surface area contributed by atoms with Crippen molar-refractivity contribution in [1.29, 1.82) is 0 Å². The lowest BCUT2D eigenvalue weighted by molar-refractivity contribution is 0.0981. The summed E-state index contributed by atoms with van der Waals surface area (Å²) in [5.74, 6) is 2.37. The van der Waals surface area contributed by atoms with Gasteiger partial charge in [0.05, 0.1) is 53.0 Å². The molecule has 0 spiro atoms. The Balaban J connectivity index is 0.000000154. The molecule has 6 heterocycles. The number of carbonyl (C=O) groups is 6. The fourth-order valence-electron chi connectivity index (χ4n) is 15.2. The zero-order valence-electron chi connectivity index (χ0n) is 81.7. The molecule has 0 aliphatic heterocycles. The van der Waals surface area contributed by atoms with Crippen LogP contribution in [0.5, 0.6) is 0 Å². The minimum atomic E-state index is 0.0278. The van der Waals surface area contributed by atoms with Crippen LogP contribution in [-0.4, -0.2) is 78.5 Å². The predicted octanol–water partition coefficient (Wildman–Crippen LogP) is 26.3. The van der Waals surface area contributed by atoms with Crippen LogP contribution in [-0.2, 0) is 92.2 Å². The van der Waals surface area contributed by atoms with Crippen molar-refractivity contribution in [1.82, 2.24) is 43.8 Å². The topological polar surface area (TPSA) is 195 Å². The van der Waals surface area contributed by atoms with Crippen molar-refractivity contribution in [2.75, 3.05) is 0 Å². The number of imidazole rings is 2. The van der Waals surface area contributed by atoms with Gasteiger partial charge in [-0.1, -0.05) is 307 Å². The molecule has 16 rings (SSSR count). The third-order valence-electron chi connectivity index (χ3n) is 23.6. The van der Waals surface area contributed by atoms with Gasteiger partial charge in [-0.15, -0.1) is 0 Å². The third-order valence-corrected chi connectivity index (χ3v) is 23.6. The molecule has 0 aliphatic carbocycles. The van der Waals surface area contributed by atoms with Crippen molar-refractivity contribution in [3.05, 3.63) is 417 Å². The normalized spacial score (nSPS) is 11.6. The van der Waals surface area contributed by atoms with Crippen molar-refractivity contribution in [3.8, 4) is 11.3 Å². The monoisotopic (exact) mass is 1770 g/mol. The smallest absolute Gasteiger partial charge is 0.170 e. The second-order valence-corrected chi connectivity index (χ2v) is 40.5. The van der Waals surface area contributed by atoms with E-state index in [1.165, 1.54) is 33.4 Å². The second kappa shape index (κ2) is 43.4. The molecular weight excluding hydrogens is 1640 g/mol. The minimum absolute atomic E-state index is 0.0278. The van der Waals surface area contributed by atoms with Crippen LogP contribution < -0.4 is 0 Å². The van der Waals surface area contributed by atoms with Crippen LogP contribution in [0.2, 0.25) is 0 Å². The molecule has 0 fully saturated rings. The standard InChI is InChI=1S/C22H24N2O.C21H21NO.2C20H22N2O.C18H21NO.C17H19NO/c1-22(2,3)18-12-8-11-17(13-18)20(25)14-21-23-15-19(24(21)4)16-9-6-5-7-10-16;1-21(2,3)18-9-6-8-17(13-18)20(23)12-15-11-16-7-4-5-10-19(16)22-14-15;1-20(2,3)15-9-7-8-14(12-15)18(23)13-19-21-16-10-5-6-11-17(16)22(19)4;1-20(2,3)17-7-5-6-15(12-17)19(23)11-14-8-9-18-16(10-14)13-21-22(18)4;1-13-10-14(8-9-19-13)11-17(20)15-6-5-7-16(12-15)18(2,3)4;1-17(2,3)15-8-4-7-14(11-15)16(19)10-13-6-5-9-18-12-13/h5-13,15H,14H2,1-4H3;4-11,13-14H,12H2,1-3H3;5-12H,13H2,1-4H3;5-10,12-13H,11H2,1-4H3;5-10,12H,11H2,1-4H3;4-9,11-12H,10H2,1-3H3. The van der Waals surface area contributed by atoms with E-state index in [2.05, 4.69) is 203 Å². The SMILES string of the molecule is CC(C)(C)c1cccc(C(=O)Cc2cccnc2)c1.CC(C)(C)c1cccc(C(=O)Cc2cnc3ccccc3c2)c1.Cc1cc(CC(=O)c2cccc(C(C)(C)C)c2)ccn1.Cn1c(-c2ccccc2)cnc1CC(=O)c1cccc(C(C)(C)C)c1.Cn1c(CC(=O)c2cccc(C(C)(C)C)c2)nc2ccccc21.Cn1ncc2cc(CC(=O)c3cccc(C(C)(C)C)c3)ccc21. The first kappa shape index (κ1) is 99.6. The molecule has 15 heteroatoms. The first-order valence-electron chi connectivity index (χ1n) is 45.7. The first-order chi connectivity index (χ1) is 62.8. The number of fused-ring (bicyclic) bond motifs is 3. The summed E-state index contributed by atoms with van der Waals surface area (Å²) in [5.41, 5.74) is 23.0. The molecule has 6 aromatic heterocycles. The van der Waals surface area contributed by atoms with E-state index in [-0.39, 0.29) is 67.2 Å². The molecule has 0 N–H and O–H groups in total. The van der Waals surface area contributed by atoms with Crippen molar-refractivity contribution in [2.24, 2.45) is 21.1 Å². The summed E-state index contributed by atoms with van der Waals surface area (Å²) >= 11 is 0. The number of hydrogen-bond acceptors (Lipinski definition) is 12. The minimum Gasteiger partial charge on any atom is -0.331 e. The Hall–Kier alpha value is -13.9. The van der Waals surface area contributed by atoms with E-state index in [1.807, 2.05) is 279 Å². The van der Waals surface area contributed by atoms with Crippen LogP contribution >= 0.6 is 0 Å². The summed E-state index contributed by atoms with van der Waals surface area (Å²) in [6.07, 6.45) is 12.9. The van der Waals surface area contributed by atoms with Gasteiger partial charge in [-0.2, -0.15) is 5.10 Å². The number of ketones is 6. The summed E-state index contributed by atoms with van der Waals surface area (Å²) in [7, 11) is 5.85. The highest BCUT2D eigenvalue weighted by Crippen LogP contribution is 2.32. The number of aryl methyl sites for hydroxylation is 3. The lowest BCUT2D eigenvalue weighted by Gasteiger charge is -2.19. The Morgan fingerprint density at radius 3 is 1.10 bits per heavy atom. The van der Waals surface area contributed by atoms with Gasteiger partial charge in [0, 0.05) is 121 Å². The van der Waals surface area contributed by atoms with Crippen LogP contribution in [0.1, 0.15) is 260 Å². The summed E-state index contributed by atoms with van der Waals surface area (Å²) in [4.78, 5) is 97.0. The van der Waals surface area contributed by atoms with Crippen LogP contribution in [0.25, 0.3) is 44.1 Å². The number of Topliss-reactive ketones (excluding diaryl/α,β-unsaturated/α-hetero) is 6. The number of carbonyl (C=O) groups excluding carboxylic acids is 6. The predicted molar refractivity (Wildman–Crippen MR) is 544 cm³/mol. The Morgan fingerprint density at radius 1 is 0.278 bits per heavy atom. The van der Waals surface area contributed by atoms with E-state index in [0.29, 0.717) is 38.5 Å². The molecule has 10 aromatic carbocycles. The zero-order valence-corrected chi connectivity index (χ0v) is 81.7. The first-order valence-corrected chi connectivity index (χ1v) is 45.7. The van der Waals surface area contributed by atoms with E-state index in [4.69, 9.17) is 0 Å². The molecule has 15 nitrogen and oxygen atoms in total. The average molecular weight is 1770 g/mol. The highest BCUT2D eigenvalue weighted by molar-refractivity contribution is 6.01. The highest BCUT2D eigenvalue weighted by atomic mass is 16.1. The summed E-state index contributed by atoms with van der Waals surface area (Å²) < 4.78 is 5.84. The molecule has 682 valence electrons. The number of para-hydroxylation sites is 3. The van der Waals surface area contributed by atoms with Gasteiger partial charge in [-0.25, -0.2) is 9.97 Å². The Labute approximate surface area is 786 Å². The maximum Gasteiger partial charge on any atom is 0.170 e. The van der Waals surface area contributed by atoms with Crippen LogP contribution in [0.4, 0.5) is 0 Å². The fraction of sp³-hybridized carbons (Fsp3) is 0.288. The van der Waals surface area contributed by atoms with Gasteiger partial charge >= 0.3 is 0 Å². The molecular formula is C118H129N9O6. The molecule has 0 saturated heterocycles. The van der Waals surface area contributed by atoms with Gasteiger partial charge in [-0.05, 0) is 192 Å². The number of rotatable bonds is 19. The van der Waals surface area contributed by atoms with E-state index in [1.54, 1.807) is 24.8 Å². The van der Waals surface area contributed by atoms with Gasteiger partial charge in [0.2, 0.25) is 0 Å². The molecule has 16 aromatic rings. The van der Waals surface area contributed by atoms with Crippen molar-refractivity contribution >= 4 is 67.5 Å². The lowest BCUT2D eigenvalue weighted by Crippen LogP contribution is -2.13. The number of aromatic nitrogens is 9. The summed E-state index contributed by atoms with van der Waals surface area (Å²) in [5, 5.41) is 6.39.